The number of nitrogens with one attached hydrogen (secondary N) is 1. The van der Waals surface area contributed by atoms with Crippen LogP contribution < -0.4 is 5.32 Å². The summed E-state index contributed by atoms with van der Waals surface area (Å²) in [5.41, 5.74) is 1.44. The number of benzene rings is 1. The van der Waals surface area contributed by atoms with E-state index >= 15 is 0 Å². The lowest BCUT2D eigenvalue weighted by molar-refractivity contribution is -0.00347. The van der Waals surface area contributed by atoms with Gasteiger partial charge >= 0.3 is 0 Å². The second-order valence-electron chi connectivity index (χ2n) is 7.06. The molecule has 2 saturated carbocycles. The van der Waals surface area contributed by atoms with Crippen LogP contribution in [0, 0.1) is 5.92 Å². The SMILES string of the molecule is OCC1C[C@H](n2c(NC3CCC3)nc3cc(Cl)c(Cl)cc32)C(O)C1O. The van der Waals surface area contributed by atoms with Crippen molar-refractivity contribution < 1.29 is 15.3 Å². The molecule has 2 aliphatic carbocycles. The van der Waals surface area contributed by atoms with Gasteiger partial charge in [-0.25, -0.2) is 4.98 Å². The molecular formula is C17H21Cl2N3O3. The minimum absolute atomic E-state index is 0.167. The molecule has 1 aromatic carbocycles. The van der Waals surface area contributed by atoms with E-state index in [1.807, 2.05) is 4.57 Å². The summed E-state index contributed by atoms with van der Waals surface area (Å²) in [4.78, 5) is 4.64. The van der Waals surface area contributed by atoms with Gasteiger partial charge in [-0.1, -0.05) is 23.2 Å². The summed E-state index contributed by atoms with van der Waals surface area (Å²) in [5, 5.41) is 34.5. The number of halogens is 2. The van der Waals surface area contributed by atoms with Crippen LogP contribution in [0.25, 0.3) is 11.0 Å². The lowest BCUT2D eigenvalue weighted by Gasteiger charge is -2.29. The van der Waals surface area contributed by atoms with Gasteiger partial charge in [0.25, 0.3) is 0 Å². The summed E-state index contributed by atoms with van der Waals surface area (Å²) in [5.74, 6) is 0.282. The fraction of sp³-hybridized carbons (Fsp3) is 0.588. The maximum absolute atomic E-state index is 10.5. The van der Waals surface area contributed by atoms with Gasteiger partial charge in [0, 0.05) is 18.6 Å². The Morgan fingerprint density at radius 3 is 2.48 bits per heavy atom. The van der Waals surface area contributed by atoms with Crippen LogP contribution >= 0.6 is 23.2 Å². The lowest BCUT2D eigenvalue weighted by atomic mass is 9.93. The largest absolute Gasteiger partial charge is 0.396 e. The number of anilines is 1. The van der Waals surface area contributed by atoms with Crippen molar-refractivity contribution in [2.45, 2.75) is 50.0 Å². The number of nitrogens with zero attached hydrogens (tertiary/aromatic N) is 2. The van der Waals surface area contributed by atoms with Crippen molar-refractivity contribution in [2.75, 3.05) is 11.9 Å². The van der Waals surface area contributed by atoms with Gasteiger partial charge in [-0.15, -0.1) is 0 Å². The predicted molar refractivity (Wildman–Crippen MR) is 97.3 cm³/mol. The summed E-state index contributed by atoms with van der Waals surface area (Å²) >= 11 is 12.3. The molecule has 1 heterocycles. The van der Waals surface area contributed by atoms with E-state index in [4.69, 9.17) is 23.2 Å². The Kier molecular flexibility index (Phi) is 4.58. The molecule has 8 heteroatoms. The zero-order valence-corrected chi connectivity index (χ0v) is 15.1. The zero-order chi connectivity index (χ0) is 17.7. The van der Waals surface area contributed by atoms with Gasteiger partial charge in [0.15, 0.2) is 0 Å². The molecule has 0 radical (unpaired) electrons. The van der Waals surface area contributed by atoms with Crippen LogP contribution in [0.2, 0.25) is 10.0 Å². The summed E-state index contributed by atoms with van der Waals surface area (Å²) in [6.45, 7) is -0.167. The van der Waals surface area contributed by atoms with Gasteiger partial charge < -0.3 is 25.2 Å². The Morgan fingerprint density at radius 2 is 1.88 bits per heavy atom. The molecule has 4 atom stereocenters. The van der Waals surface area contributed by atoms with Crippen molar-refractivity contribution in [3.8, 4) is 0 Å². The van der Waals surface area contributed by atoms with E-state index in [1.54, 1.807) is 12.1 Å². The third kappa shape index (κ3) is 2.90. The van der Waals surface area contributed by atoms with Crippen LogP contribution in [0.15, 0.2) is 12.1 Å². The predicted octanol–water partition coefficient (Wildman–Crippen LogP) is 2.58. The maximum Gasteiger partial charge on any atom is 0.204 e. The molecule has 0 amide bonds. The Bertz CT molecular complexity index is 793. The number of fused-ring (bicyclic) bond motifs is 1. The standard InChI is InChI=1S/C17H21Cl2N3O3/c18-10-5-12-13(6-11(10)19)22(17(21-12)20-9-2-1-3-9)14-4-8(7-23)15(24)16(14)25/h5-6,8-9,14-16,23-25H,1-4,7H2,(H,20,21)/t8?,14-,15?,16?/m0/s1. The molecule has 2 aliphatic rings. The molecule has 4 rings (SSSR count). The topological polar surface area (TPSA) is 90.5 Å². The summed E-state index contributed by atoms with van der Waals surface area (Å²) in [7, 11) is 0. The second kappa shape index (κ2) is 6.59. The van der Waals surface area contributed by atoms with Crippen LogP contribution in [0.5, 0.6) is 0 Å². The summed E-state index contributed by atoms with van der Waals surface area (Å²) in [6, 6.07) is 3.42. The molecule has 0 saturated heterocycles. The maximum atomic E-state index is 10.5. The highest BCUT2D eigenvalue weighted by atomic mass is 35.5. The molecule has 2 aromatic rings. The Labute approximate surface area is 155 Å². The van der Waals surface area contributed by atoms with Gasteiger partial charge in [0.2, 0.25) is 5.95 Å². The van der Waals surface area contributed by atoms with Gasteiger partial charge in [-0.2, -0.15) is 0 Å². The first kappa shape index (κ1) is 17.4. The van der Waals surface area contributed by atoms with Gasteiger partial charge in [-0.05, 0) is 37.8 Å². The highest BCUT2D eigenvalue weighted by Crippen LogP contribution is 2.41. The lowest BCUT2D eigenvalue weighted by Crippen LogP contribution is -2.32. The van der Waals surface area contributed by atoms with Crippen LogP contribution in [0.1, 0.15) is 31.7 Å². The fourth-order valence-corrected chi connectivity index (χ4v) is 4.12. The number of rotatable bonds is 4. The number of imidazole rings is 1. The first-order valence-corrected chi connectivity index (χ1v) is 9.35. The third-order valence-corrected chi connectivity index (χ3v) is 6.23. The molecular weight excluding hydrogens is 365 g/mol. The monoisotopic (exact) mass is 385 g/mol. The average molecular weight is 386 g/mol. The minimum atomic E-state index is -0.981. The fourth-order valence-electron chi connectivity index (χ4n) is 3.80. The molecule has 2 fully saturated rings. The van der Waals surface area contributed by atoms with Crippen LogP contribution in [-0.2, 0) is 0 Å². The van der Waals surface area contributed by atoms with E-state index in [-0.39, 0.29) is 12.5 Å². The van der Waals surface area contributed by atoms with Gasteiger partial charge in [0.05, 0.1) is 33.2 Å². The number of hydrogen-bond donors (Lipinski definition) is 4. The quantitative estimate of drug-likeness (QED) is 0.649. The molecule has 136 valence electrons. The van der Waals surface area contributed by atoms with Crippen molar-refractivity contribution in [3.05, 3.63) is 22.2 Å². The zero-order valence-electron chi connectivity index (χ0n) is 13.6. The second-order valence-corrected chi connectivity index (χ2v) is 7.87. The van der Waals surface area contributed by atoms with E-state index < -0.39 is 18.2 Å². The van der Waals surface area contributed by atoms with Crippen molar-refractivity contribution in [3.63, 3.8) is 0 Å². The highest BCUT2D eigenvalue weighted by Gasteiger charge is 2.43. The van der Waals surface area contributed by atoms with Gasteiger partial charge in [0.1, 0.15) is 6.10 Å². The van der Waals surface area contributed by atoms with E-state index in [1.165, 1.54) is 6.42 Å². The molecule has 0 bridgehead atoms. The smallest absolute Gasteiger partial charge is 0.204 e. The molecule has 25 heavy (non-hydrogen) atoms. The van der Waals surface area contributed by atoms with Gasteiger partial charge in [-0.3, -0.25) is 0 Å². The molecule has 0 aliphatic heterocycles. The minimum Gasteiger partial charge on any atom is -0.396 e. The number of aliphatic hydroxyl groups is 3. The Morgan fingerprint density at radius 1 is 1.16 bits per heavy atom. The Balaban J connectivity index is 1.81. The van der Waals surface area contributed by atoms with E-state index in [0.717, 1.165) is 18.4 Å². The first-order chi connectivity index (χ1) is 12.0. The van der Waals surface area contributed by atoms with Crippen LogP contribution in [0.4, 0.5) is 5.95 Å². The first-order valence-electron chi connectivity index (χ1n) is 8.60. The van der Waals surface area contributed by atoms with Crippen molar-refractivity contribution in [2.24, 2.45) is 5.92 Å². The van der Waals surface area contributed by atoms with Crippen molar-refractivity contribution >= 4 is 40.2 Å². The van der Waals surface area contributed by atoms with Crippen LogP contribution in [-0.4, -0.2) is 49.7 Å². The molecule has 0 spiro atoms. The summed E-state index contributed by atoms with van der Waals surface area (Å²) in [6.07, 6.45) is 1.87. The summed E-state index contributed by atoms with van der Waals surface area (Å²) < 4.78 is 1.90. The third-order valence-electron chi connectivity index (χ3n) is 5.51. The van der Waals surface area contributed by atoms with E-state index in [0.29, 0.717) is 34.0 Å². The van der Waals surface area contributed by atoms with Crippen molar-refractivity contribution in [1.29, 1.82) is 0 Å². The Hall–Kier alpha value is -1.05. The van der Waals surface area contributed by atoms with E-state index in [9.17, 15) is 15.3 Å². The molecule has 3 unspecified atom stereocenters. The molecule has 1 aromatic heterocycles. The number of aliphatic hydroxyl groups excluding tert-OH is 3. The number of aromatic nitrogens is 2. The van der Waals surface area contributed by atoms with E-state index in [2.05, 4.69) is 10.3 Å². The normalized spacial score (nSPS) is 30.0. The molecule has 6 nitrogen and oxygen atoms in total. The van der Waals surface area contributed by atoms with Crippen LogP contribution in [0.3, 0.4) is 0 Å². The highest BCUT2D eigenvalue weighted by molar-refractivity contribution is 6.42. The number of hydrogen-bond acceptors (Lipinski definition) is 5. The molecule has 4 N–H and O–H groups in total. The average Bonchev–Trinajstić information content (AvgIpc) is 3.02. The van der Waals surface area contributed by atoms with Crippen molar-refractivity contribution in [1.82, 2.24) is 9.55 Å².